The third-order valence-corrected chi connectivity index (χ3v) is 3.51. The molecule has 0 aliphatic heterocycles. The Bertz CT molecular complexity index is 644. The zero-order chi connectivity index (χ0) is 16.7. The topological polar surface area (TPSA) is 42.8 Å². The number of benzene rings is 2. The van der Waals surface area contributed by atoms with Crippen molar-refractivity contribution >= 4 is 5.91 Å². The number of halogens is 1. The molecule has 2 aromatic carbocycles. The fourth-order valence-electron chi connectivity index (χ4n) is 2.33. The number of ether oxygens (including phenoxy) is 1. The summed E-state index contributed by atoms with van der Waals surface area (Å²) in [6, 6.07) is 13.9. The van der Waals surface area contributed by atoms with Crippen molar-refractivity contribution in [1.29, 1.82) is 0 Å². The van der Waals surface area contributed by atoms with Crippen LogP contribution >= 0.6 is 0 Å². The number of carbonyl (C=O) groups is 1. The van der Waals surface area contributed by atoms with Crippen molar-refractivity contribution in [2.75, 3.05) is 20.7 Å². The lowest BCUT2D eigenvalue weighted by molar-refractivity contribution is -0.885. The summed E-state index contributed by atoms with van der Waals surface area (Å²) in [5, 5.41) is 2.85. The van der Waals surface area contributed by atoms with Crippen LogP contribution in [0.4, 0.5) is 4.39 Å². The molecule has 1 unspecified atom stereocenters. The van der Waals surface area contributed by atoms with Gasteiger partial charge >= 0.3 is 0 Å². The number of hydrogen-bond donors (Lipinski definition) is 2. The molecule has 23 heavy (non-hydrogen) atoms. The molecular weight excluding hydrogens is 295 g/mol. The average molecular weight is 317 g/mol. The van der Waals surface area contributed by atoms with E-state index in [1.54, 1.807) is 19.2 Å². The molecule has 122 valence electrons. The Morgan fingerprint density at radius 2 is 1.91 bits per heavy atom. The first-order chi connectivity index (χ1) is 11.1. The minimum atomic E-state index is -0.275. The lowest BCUT2D eigenvalue weighted by Gasteiger charge is -2.14. The highest BCUT2D eigenvalue weighted by Gasteiger charge is 2.10. The number of methoxy groups -OCH3 is 1. The maximum Gasteiger partial charge on any atom is 0.275 e. The smallest absolute Gasteiger partial charge is 0.275 e. The van der Waals surface area contributed by atoms with Gasteiger partial charge in [0.2, 0.25) is 0 Å². The van der Waals surface area contributed by atoms with E-state index in [9.17, 15) is 9.18 Å². The van der Waals surface area contributed by atoms with Crippen LogP contribution < -0.4 is 15.0 Å². The third kappa shape index (κ3) is 5.71. The van der Waals surface area contributed by atoms with Crippen LogP contribution in [0.3, 0.4) is 0 Å². The monoisotopic (exact) mass is 317 g/mol. The summed E-state index contributed by atoms with van der Waals surface area (Å²) in [6.07, 6.45) is 0. The molecule has 0 spiro atoms. The molecule has 5 heteroatoms. The highest BCUT2D eigenvalue weighted by molar-refractivity contribution is 5.76. The number of likely N-dealkylation sites (N-methyl/N-ethyl adjacent to an activating group) is 1. The van der Waals surface area contributed by atoms with Crippen molar-refractivity contribution in [3.63, 3.8) is 0 Å². The van der Waals surface area contributed by atoms with Crippen LogP contribution in [0.5, 0.6) is 5.75 Å². The van der Waals surface area contributed by atoms with Crippen LogP contribution in [0.25, 0.3) is 0 Å². The van der Waals surface area contributed by atoms with E-state index < -0.39 is 0 Å². The van der Waals surface area contributed by atoms with Gasteiger partial charge in [0.25, 0.3) is 5.91 Å². The molecule has 1 atom stereocenters. The SMILES string of the molecule is COc1cccc(C[NH+](C)CC(=O)NCc2ccc(F)cc2)c1. The zero-order valence-corrected chi connectivity index (χ0v) is 13.4. The van der Waals surface area contributed by atoms with Crippen LogP contribution in [0, 0.1) is 5.82 Å². The second-order valence-electron chi connectivity index (χ2n) is 5.57. The van der Waals surface area contributed by atoms with Crippen LogP contribution in [-0.4, -0.2) is 26.6 Å². The number of quaternary nitrogens is 1. The van der Waals surface area contributed by atoms with Gasteiger partial charge in [-0.2, -0.15) is 0 Å². The molecule has 0 heterocycles. The number of carbonyl (C=O) groups excluding carboxylic acids is 1. The maximum atomic E-state index is 12.8. The van der Waals surface area contributed by atoms with E-state index in [4.69, 9.17) is 4.74 Å². The molecule has 0 aliphatic carbocycles. The van der Waals surface area contributed by atoms with Crippen molar-refractivity contribution in [1.82, 2.24) is 5.32 Å². The minimum Gasteiger partial charge on any atom is -0.497 e. The zero-order valence-electron chi connectivity index (χ0n) is 13.4. The third-order valence-electron chi connectivity index (χ3n) is 3.51. The van der Waals surface area contributed by atoms with Gasteiger partial charge in [-0.1, -0.05) is 24.3 Å². The predicted octanol–water partition coefficient (Wildman–Crippen LogP) is 1.17. The van der Waals surface area contributed by atoms with Crippen molar-refractivity contribution in [3.8, 4) is 5.75 Å². The van der Waals surface area contributed by atoms with E-state index in [1.807, 2.05) is 31.3 Å². The largest absolute Gasteiger partial charge is 0.497 e. The highest BCUT2D eigenvalue weighted by Crippen LogP contribution is 2.11. The molecule has 2 rings (SSSR count). The van der Waals surface area contributed by atoms with Gasteiger partial charge in [-0.3, -0.25) is 4.79 Å². The quantitative estimate of drug-likeness (QED) is 0.805. The Hall–Kier alpha value is -2.40. The number of nitrogens with one attached hydrogen (secondary N) is 2. The number of amides is 1. The summed E-state index contributed by atoms with van der Waals surface area (Å²) < 4.78 is 18.0. The molecule has 0 bridgehead atoms. The Morgan fingerprint density at radius 1 is 1.17 bits per heavy atom. The van der Waals surface area contributed by atoms with Gasteiger partial charge in [0.15, 0.2) is 6.54 Å². The molecule has 0 saturated carbocycles. The summed E-state index contributed by atoms with van der Waals surface area (Å²) in [4.78, 5) is 13.1. The van der Waals surface area contributed by atoms with Gasteiger partial charge in [-0.25, -0.2) is 4.39 Å². The minimum absolute atomic E-state index is 0.0327. The van der Waals surface area contributed by atoms with E-state index in [1.165, 1.54) is 12.1 Å². The Balaban J connectivity index is 1.78. The van der Waals surface area contributed by atoms with Crippen LogP contribution in [0.2, 0.25) is 0 Å². The second kappa shape index (κ2) is 8.29. The standard InChI is InChI=1S/C18H21FN2O2/c1-21(12-15-4-3-5-17(10-15)23-2)13-18(22)20-11-14-6-8-16(19)9-7-14/h3-10H,11-13H2,1-2H3,(H,20,22)/p+1. The molecule has 2 aromatic rings. The second-order valence-corrected chi connectivity index (χ2v) is 5.57. The molecule has 0 aliphatic rings. The Morgan fingerprint density at radius 3 is 2.61 bits per heavy atom. The first-order valence-electron chi connectivity index (χ1n) is 7.52. The number of hydrogen-bond acceptors (Lipinski definition) is 2. The summed E-state index contributed by atoms with van der Waals surface area (Å²) in [5.74, 6) is 0.508. The van der Waals surface area contributed by atoms with E-state index in [0.29, 0.717) is 13.1 Å². The molecule has 1 amide bonds. The van der Waals surface area contributed by atoms with E-state index in [-0.39, 0.29) is 11.7 Å². The van der Waals surface area contributed by atoms with Crippen molar-refractivity contribution < 1.29 is 18.8 Å². The molecule has 4 nitrogen and oxygen atoms in total. The highest BCUT2D eigenvalue weighted by atomic mass is 19.1. The van der Waals surface area contributed by atoms with E-state index in [0.717, 1.165) is 28.3 Å². The Kier molecular flexibility index (Phi) is 6.11. The van der Waals surface area contributed by atoms with Crippen LogP contribution in [-0.2, 0) is 17.9 Å². The predicted molar refractivity (Wildman–Crippen MR) is 86.7 cm³/mol. The summed E-state index contributed by atoms with van der Waals surface area (Å²) in [6.45, 7) is 1.52. The van der Waals surface area contributed by atoms with Crippen LogP contribution in [0.1, 0.15) is 11.1 Å². The Labute approximate surface area is 135 Å². The van der Waals surface area contributed by atoms with Gasteiger partial charge < -0.3 is 15.0 Å². The molecule has 2 N–H and O–H groups in total. The van der Waals surface area contributed by atoms with Gasteiger partial charge in [-0.05, 0) is 29.8 Å². The fourth-order valence-corrected chi connectivity index (χ4v) is 2.33. The normalized spacial score (nSPS) is 11.8. The van der Waals surface area contributed by atoms with Crippen molar-refractivity contribution in [2.45, 2.75) is 13.1 Å². The molecule has 0 radical (unpaired) electrons. The van der Waals surface area contributed by atoms with Gasteiger partial charge in [-0.15, -0.1) is 0 Å². The lowest BCUT2D eigenvalue weighted by atomic mass is 10.2. The number of rotatable bonds is 7. The van der Waals surface area contributed by atoms with Gasteiger partial charge in [0.05, 0.1) is 14.2 Å². The summed E-state index contributed by atoms with van der Waals surface area (Å²) >= 11 is 0. The summed E-state index contributed by atoms with van der Waals surface area (Å²) in [5.41, 5.74) is 2.00. The van der Waals surface area contributed by atoms with E-state index in [2.05, 4.69) is 5.32 Å². The molecule has 0 saturated heterocycles. The molecule has 0 fully saturated rings. The van der Waals surface area contributed by atoms with Gasteiger partial charge in [0.1, 0.15) is 18.1 Å². The van der Waals surface area contributed by atoms with Crippen LogP contribution in [0.15, 0.2) is 48.5 Å². The lowest BCUT2D eigenvalue weighted by Crippen LogP contribution is -3.08. The van der Waals surface area contributed by atoms with Gasteiger partial charge in [0, 0.05) is 12.1 Å². The molecular formula is C18H22FN2O2+. The summed E-state index contributed by atoms with van der Waals surface area (Å²) in [7, 11) is 3.61. The molecule has 0 aromatic heterocycles. The fraction of sp³-hybridized carbons (Fsp3) is 0.278. The first-order valence-corrected chi connectivity index (χ1v) is 7.52. The maximum absolute atomic E-state index is 12.8. The van der Waals surface area contributed by atoms with Crippen molar-refractivity contribution in [2.24, 2.45) is 0 Å². The van der Waals surface area contributed by atoms with E-state index >= 15 is 0 Å². The van der Waals surface area contributed by atoms with Crippen molar-refractivity contribution in [3.05, 3.63) is 65.5 Å². The first kappa shape index (κ1) is 17.0. The average Bonchev–Trinajstić information content (AvgIpc) is 2.54.